The van der Waals surface area contributed by atoms with E-state index in [0.29, 0.717) is 0 Å². The van der Waals surface area contributed by atoms with Crippen molar-refractivity contribution in [2.75, 3.05) is 6.61 Å². The summed E-state index contributed by atoms with van der Waals surface area (Å²) in [5.74, 6) is 0.983. The summed E-state index contributed by atoms with van der Waals surface area (Å²) in [4.78, 5) is 0. The second-order valence-corrected chi connectivity index (χ2v) is 5.12. The van der Waals surface area contributed by atoms with Crippen molar-refractivity contribution in [2.45, 2.75) is 44.3 Å². The van der Waals surface area contributed by atoms with Crippen LogP contribution in [0.2, 0.25) is 0 Å². The zero-order chi connectivity index (χ0) is 11.7. The maximum Gasteiger partial charge on any atom is 0.124 e. The molecular weight excluding hydrogens is 212 g/mol. The topological polar surface area (TPSA) is 47.3 Å². The highest BCUT2D eigenvalue weighted by atomic mass is 16.5. The van der Waals surface area contributed by atoms with E-state index in [4.69, 9.17) is 10.5 Å². The molecule has 2 aliphatic rings. The first-order valence-electron chi connectivity index (χ1n) is 6.57. The zero-order valence-electron chi connectivity index (χ0n) is 10.1. The fourth-order valence-electron chi connectivity index (χ4n) is 2.45. The molecule has 1 aliphatic carbocycles. The number of fused-ring (bicyclic) bond motifs is 1. The quantitative estimate of drug-likeness (QED) is 0.839. The predicted molar refractivity (Wildman–Crippen MR) is 68.0 cm³/mol. The third-order valence-electron chi connectivity index (χ3n) is 3.86. The minimum absolute atomic E-state index is 0.146. The Labute approximate surface area is 102 Å². The van der Waals surface area contributed by atoms with Crippen LogP contribution in [-0.4, -0.2) is 12.6 Å². The first kappa shape index (κ1) is 11.1. The molecule has 0 spiro atoms. The fraction of sp³-hybridized carbons (Fsp3) is 0.571. The summed E-state index contributed by atoms with van der Waals surface area (Å²) in [5.41, 5.74) is 8.51. The molecule has 0 amide bonds. The Morgan fingerprint density at radius 1 is 1.29 bits per heavy atom. The fourth-order valence-corrected chi connectivity index (χ4v) is 2.45. The Balaban J connectivity index is 1.69. The SMILES string of the molecule is NC1CCOc2cc(CNC3CCC3)ccc21. The third-order valence-corrected chi connectivity index (χ3v) is 3.86. The summed E-state index contributed by atoms with van der Waals surface area (Å²) in [6.07, 6.45) is 4.95. The monoisotopic (exact) mass is 232 g/mol. The number of hydrogen-bond acceptors (Lipinski definition) is 3. The molecule has 1 aromatic rings. The van der Waals surface area contributed by atoms with Gasteiger partial charge in [-0.1, -0.05) is 18.6 Å². The first-order chi connectivity index (χ1) is 8.33. The molecule has 3 rings (SSSR count). The average Bonchev–Trinajstić information content (AvgIpc) is 2.27. The summed E-state index contributed by atoms with van der Waals surface area (Å²) in [7, 11) is 0. The lowest BCUT2D eigenvalue weighted by atomic mass is 9.93. The number of nitrogens with one attached hydrogen (secondary N) is 1. The molecule has 1 unspecified atom stereocenters. The molecule has 3 heteroatoms. The zero-order valence-corrected chi connectivity index (χ0v) is 10.1. The van der Waals surface area contributed by atoms with Crippen LogP contribution in [0, 0.1) is 0 Å². The van der Waals surface area contributed by atoms with Gasteiger partial charge in [0.2, 0.25) is 0 Å². The molecule has 92 valence electrons. The van der Waals surface area contributed by atoms with Crippen molar-refractivity contribution in [1.82, 2.24) is 5.32 Å². The van der Waals surface area contributed by atoms with Crippen molar-refractivity contribution < 1.29 is 4.74 Å². The van der Waals surface area contributed by atoms with Gasteiger partial charge >= 0.3 is 0 Å². The Morgan fingerprint density at radius 2 is 2.18 bits per heavy atom. The molecule has 1 atom stereocenters. The van der Waals surface area contributed by atoms with Gasteiger partial charge in [0.25, 0.3) is 0 Å². The van der Waals surface area contributed by atoms with E-state index in [9.17, 15) is 0 Å². The lowest BCUT2D eigenvalue weighted by Crippen LogP contribution is -2.34. The Bertz CT molecular complexity index is 401. The van der Waals surface area contributed by atoms with Crippen molar-refractivity contribution in [2.24, 2.45) is 5.73 Å². The van der Waals surface area contributed by atoms with Crippen LogP contribution in [-0.2, 0) is 6.54 Å². The van der Waals surface area contributed by atoms with Gasteiger partial charge in [-0.3, -0.25) is 0 Å². The standard InChI is InChI=1S/C14H20N2O/c15-13-6-7-17-14-8-10(4-5-12(13)14)9-16-11-2-1-3-11/h4-5,8,11,13,16H,1-3,6-7,9,15H2. The second kappa shape index (κ2) is 4.67. The number of hydrogen-bond donors (Lipinski definition) is 2. The van der Waals surface area contributed by atoms with E-state index in [1.165, 1.54) is 24.8 Å². The summed E-state index contributed by atoms with van der Waals surface area (Å²) in [6.45, 7) is 1.68. The van der Waals surface area contributed by atoms with Gasteiger partial charge in [0.05, 0.1) is 6.61 Å². The van der Waals surface area contributed by atoms with Crippen LogP contribution in [0.5, 0.6) is 5.75 Å². The highest BCUT2D eigenvalue weighted by Crippen LogP contribution is 2.31. The molecule has 3 nitrogen and oxygen atoms in total. The highest BCUT2D eigenvalue weighted by Gasteiger charge is 2.19. The Hall–Kier alpha value is -1.06. The minimum Gasteiger partial charge on any atom is -0.493 e. The van der Waals surface area contributed by atoms with Gasteiger partial charge in [-0.15, -0.1) is 0 Å². The number of nitrogens with two attached hydrogens (primary N) is 1. The van der Waals surface area contributed by atoms with E-state index in [1.54, 1.807) is 0 Å². The van der Waals surface area contributed by atoms with Crippen molar-refractivity contribution in [3.8, 4) is 5.75 Å². The van der Waals surface area contributed by atoms with Crippen LogP contribution < -0.4 is 15.8 Å². The molecule has 0 saturated heterocycles. The predicted octanol–water partition coefficient (Wildman–Crippen LogP) is 2.11. The largest absolute Gasteiger partial charge is 0.493 e. The lowest BCUT2D eigenvalue weighted by Gasteiger charge is -2.27. The van der Waals surface area contributed by atoms with E-state index in [2.05, 4.69) is 23.5 Å². The minimum atomic E-state index is 0.146. The van der Waals surface area contributed by atoms with Crippen LogP contribution in [0.4, 0.5) is 0 Å². The first-order valence-corrected chi connectivity index (χ1v) is 6.57. The van der Waals surface area contributed by atoms with Crippen LogP contribution in [0.25, 0.3) is 0 Å². The van der Waals surface area contributed by atoms with Gasteiger partial charge in [0, 0.05) is 30.6 Å². The molecule has 1 aromatic carbocycles. The summed E-state index contributed by atoms with van der Waals surface area (Å²) in [5, 5.41) is 3.57. The van der Waals surface area contributed by atoms with Crippen molar-refractivity contribution in [3.05, 3.63) is 29.3 Å². The van der Waals surface area contributed by atoms with E-state index < -0.39 is 0 Å². The summed E-state index contributed by atoms with van der Waals surface area (Å²) < 4.78 is 5.67. The smallest absolute Gasteiger partial charge is 0.124 e. The van der Waals surface area contributed by atoms with Crippen molar-refractivity contribution in [3.63, 3.8) is 0 Å². The highest BCUT2D eigenvalue weighted by molar-refractivity contribution is 5.40. The molecule has 1 fully saturated rings. The van der Waals surface area contributed by atoms with Crippen LogP contribution >= 0.6 is 0 Å². The second-order valence-electron chi connectivity index (χ2n) is 5.12. The van der Waals surface area contributed by atoms with Gasteiger partial charge in [-0.05, 0) is 24.5 Å². The molecular formula is C14H20N2O. The average molecular weight is 232 g/mol. The Kier molecular flexibility index (Phi) is 3.04. The van der Waals surface area contributed by atoms with Gasteiger partial charge in [-0.2, -0.15) is 0 Å². The molecule has 0 bridgehead atoms. The van der Waals surface area contributed by atoms with E-state index in [0.717, 1.165) is 36.9 Å². The van der Waals surface area contributed by atoms with Crippen LogP contribution in [0.3, 0.4) is 0 Å². The molecule has 1 heterocycles. The normalized spacial score (nSPS) is 23.7. The number of rotatable bonds is 3. The molecule has 17 heavy (non-hydrogen) atoms. The molecule has 1 aliphatic heterocycles. The van der Waals surface area contributed by atoms with Crippen molar-refractivity contribution >= 4 is 0 Å². The van der Waals surface area contributed by atoms with Crippen LogP contribution in [0.1, 0.15) is 42.9 Å². The van der Waals surface area contributed by atoms with Gasteiger partial charge < -0.3 is 15.8 Å². The molecule has 0 aromatic heterocycles. The maximum absolute atomic E-state index is 6.05. The number of ether oxygens (including phenoxy) is 1. The molecule has 0 radical (unpaired) electrons. The molecule has 1 saturated carbocycles. The third kappa shape index (κ3) is 2.31. The van der Waals surface area contributed by atoms with Gasteiger partial charge in [0.15, 0.2) is 0 Å². The summed E-state index contributed by atoms with van der Waals surface area (Å²) in [6, 6.07) is 7.30. The number of benzene rings is 1. The van der Waals surface area contributed by atoms with Gasteiger partial charge in [-0.25, -0.2) is 0 Å². The van der Waals surface area contributed by atoms with E-state index >= 15 is 0 Å². The lowest BCUT2D eigenvalue weighted by molar-refractivity contribution is 0.268. The van der Waals surface area contributed by atoms with Gasteiger partial charge in [0.1, 0.15) is 5.75 Å². The maximum atomic E-state index is 6.05. The van der Waals surface area contributed by atoms with Crippen LogP contribution in [0.15, 0.2) is 18.2 Å². The summed E-state index contributed by atoms with van der Waals surface area (Å²) >= 11 is 0. The Morgan fingerprint density at radius 3 is 2.94 bits per heavy atom. The molecule has 3 N–H and O–H groups in total. The van der Waals surface area contributed by atoms with Crippen molar-refractivity contribution in [1.29, 1.82) is 0 Å². The van der Waals surface area contributed by atoms with E-state index in [-0.39, 0.29) is 6.04 Å². The van der Waals surface area contributed by atoms with E-state index in [1.807, 2.05) is 0 Å².